The monoisotopic (exact) mass is 459 g/mol. The van der Waals surface area contributed by atoms with Gasteiger partial charge in [0.05, 0.1) is 16.8 Å². The second kappa shape index (κ2) is 10.2. The Morgan fingerprint density at radius 2 is 1.70 bits per heavy atom. The molecule has 30 heavy (non-hydrogen) atoms. The van der Waals surface area contributed by atoms with Gasteiger partial charge in [-0.1, -0.05) is 18.5 Å². The van der Waals surface area contributed by atoms with Crippen LogP contribution in [-0.4, -0.2) is 39.1 Å². The number of rotatable bonds is 8. The number of hydrogen-bond acceptors (Lipinski definition) is 4. The van der Waals surface area contributed by atoms with Crippen molar-refractivity contribution in [1.82, 2.24) is 4.90 Å². The third kappa shape index (κ3) is 5.49. The van der Waals surface area contributed by atoms with E-state index in [4.69, 9.17) is 16.3 Å². The molecule has 0 N–H and O–H groups in total. The lowest BCUT2D eigenvalue weighted by molar-refractivity contribution is 0.0921. The van der Waals surface area contributed by atoms with Gasteiger partial charge in [-0.15, -0.1) is 0 Å². The number of carbonyl (C=O) groups is 1. The van der Waals surface area contributed by atoms with Crippen LogP contribution in [0.4, 0.5) is 13.6 Å². The Morgan fingerprint density at radius 1 is 1.10 bits per heavy atom. The van der Waals surface area contributed by atoms with Crippen molar-refractivity contribution in [3.63, 3.8) is 0 Å². The maximum atomic E-state index is 14.6. The molecule has 2 aromatic carbocycles. The number of amides is 1. The van der Waals surface area contributed by atoms with Crippen molar-refractivity contribution in [1.29, 1.82) is 0 Å². The minimum Gasteiger partial charge on any atom is -0.449 e. The first-order valence-corrected chi connectivity index (χ1v) is 11.4. The molecule has 0 spiro atoms. The van der Waals surface area contributed by atoms with Crippen LogP contribution in [-0.2, 0) is 14.6 Å². The minimum absolute atomic E-state index is 0.0949. The molecule has 0 bridgehead atoms. The fourth-order valence-corrected chi connectivity index (χ4v) is 5.29. The molecular formula is C21H24ClF2NO4S. The van der Waals surface area contributed by atoms with Crippen molar-refractivity contribution < 1.29 is 26.7 Å². The van der Waals surface area contributed by atoms with Crippen molar-refractivity contribution in [2.45, 2.75) is 30.9 Å². The molecule has 0 aromatic heterocycles. The Labute approximate surface area is 180 Å². The highest BCUT2D eigenvalue weighted by molar-refractivity contribution is 7.91. The molecule has 0 radical (unpaired) electrons. The molecule has 0 aliphatic heterocycles. The van der Waals surface area contributed by atoms with Gasteiger partial charge in [0.1, 0.15) is 11.6 Å². The van der Waals surface area contributed by atoms with Gasteiger partial charge in [-0.3, -0.25) is 0 Å². The Bertz CT molecular complexity index is 979. The summed E-state index contributed by atoms with van der Waals surface area (Å²) in [6.07, 6.45) is -0.603. The van der Waals surface area contributed by atoms with Gasteiger partial charge in [0.15, 0.2) is 9.84 Å². The number of halogens is 3. The zero-order valence-corrected chi connectivity index (χ0v) is 18.5. The summed E-state index contributed by atoms with van der Waals surface area (Å²) in [6, 6.07) is 8.06. The highest BCUT2D eigenvalue weighted by atomic mass is 35.5. The van der Waals surface area contributed by atoms with Gasteiger partial charge in [-0.2, -0.15) is 0 Å². The lowest BCUT2D eigenvalue weighted by atomic mass is 10.0. The summed E-state index contributed by atoms with van der Waals surface area (Å²) in [7, 11) is -4.16. The molecule has 0 saturated heterocycles. The van der Waals surface area contributed by atoms with Gasteiger partial charge in [0, 0.05) is 29.6 Å². The molecule has 0 heterocycles. The highest BCUT2D eigenvalue weighted by Crippen LogP contribution is 2.37. The molecule has 0 aliphatic rings. The van der Waals surface area contributed by atoms with Crippen LogP contribution in [0.15, 0.2) is 47.4 Å². The first-order chi connectivity index (χ1) is 14.1. The zero-order valence-electron chi connectivity index (χ0n) is 16.9. The number of nitrogens with zero attached hydrogens (tertiary/aromatic N) is 1. The summed E-state index contributed by atoms with van der Waals surface area (Å²) >= 11 is 5.84. The molecular weight excluding hydrogens is 436 g/mol. The second-order valence-corrected chi connectivity index (χ2v) is 9.32. The summed E-state index contributed by atoms with van der Waals surface area (Å²) in [5.74, 6) is -2.49. The van der Waals surface area contributed by atoms with Crippen LogP contribution in [0.3, 0.4) is 0 Å². The van der Waals surface area contributed by atoms with E-state index < -0.39 is 38.7 Å². The fraction of sp³-hybridized carbons (Fsp3) is 0.381. The fourth-order valence-electron chi connectivity index (χ4n) is 3.15. The van der Waals surface area contributed by atoms with Crippen LogP contribution >= 0.6 is 11.6 Å². The summed E-state index contributed by atoms with van der Waals surface area (Å²) < 4.78 is 60.4. The van der Waals surface area contributed by atoms with E-state index in [1.54, 1.807) is 13.8 Å². The van der Waals surface area contributed by atoms with Crippen LogP contribution in [0.5, 0.6) is 0 Å². The molecule has 5 nitrogen and oxygen atoms in total. The van der Waals surface area contributed by atoms with Crippen molar-refractivity contribution in [2.24, 2.45) is 5.92 Å². The molecule has 0 fully saturated rings. The molecule has 0 aliphatic carbocycles. The first-order valence-electron chi connectivity index (χ1n) is 9.47. The number of carbonyl (C=O) groups excluding carboxylic acids is 1. The third-order valence-corrected chi connectivity index (χ3v) is 7.32. The van der Waals surface area contributed by atoms with E-state index in [1.165, 1.54) is 36.1 Å². The molecule has 164 valence electrons. The van der Waals surface area contributed by atoms with Crippen LogP contribution in [0.25, 0.3) is 0 Å². The van der Waals surface area contributed by atoms with Crippen molar-refractivity contribution in [3.05, 3.63) is 64.7 Å². The van der Waals surface area contributed by atoms with Gasteiger partial charge in [0.2, 0.25) is 0 Å². The van der Waals surface area contributed by atoms with Gasteiger partial charge in [0.25, 0.3) is 0 Å². The summed E-state index contributed by atoms with van der Waals surface area (Å²) in [5.41, 5.74) is -0.323. The lowest BCUT2D eigenvalue weighted by Crippen LogP contribution is -2.33. The molecule has 2 rings (SSSR count). The number of benzene rings is 2. The van der Waals surface area contributed by atoms with E-state index in [2.05, 4.69) is 0 Å². The van der Waals surface area contributed by atoms with Crippen LogP contribution in [0, 0.1) is 17.6 Å². The highest BCUT2D eigenvalue weighted by Gasteiger charge is 2.37. The summed E-state index contributed by atoms with van der Waals surface area (Å²) in [6.45, 7) is 5.64. The van der Waals surface area contributed by atoms with Gasteiger partial charge < -0.3 is 9.64 Å². The van der Waals surface area contributed by atoms with E-state index in [0.29, 0.717) is 18.1 Å². The van der Waals surface area contributed by atoms with E-state index in [9.17, 15) is 22.0 Å². The van der Waals surface area contributed by atoms with Crippen molar-refractivity contribution in [3.8, 4) is 0 Å². The summed E-state index contributed by atoms with van der Waals surface area (Å²) in [4.78, 5) is 13.5. The topological polar surface area (TPSA) is 63.7 Å². The normalized spacial score (nSPS) is 13.5. The Kier molecular flexibility index (Phi) is 8.20. The predicted octanol–water partition coefficient (Wildman–Crippen LogP) is 5.25. The van der Waals surface area contributed by atoms with E-state index >= 15 is 0 Å². The Morgan fingerprint density at radius 3 is 2.27 bits per heavy atom. The van der Waals surface area contributed by atoms with Crippen molar-refractivity contribution >= 4 is 27.5 Å². The number of sulfone groups is 1. The third-order valence-electron chi connectivity index (χ3n) is 4.75. The van der Waals surface area contributed by atoms with Gasteiger partial charge >= 0.3 is 6.09 Å². The van der Waals surface area contributed by atoms with Crippen LogP contribution < -0.4 is 0 Å². The minimum atomic E-state index is -4.16. The molecule has 2 atom stereocenters. The molecule has 2 unspecified atom stereocenters. The maximum Gasteiger partial charge on any atom is 0.409 e. The number of hydrogen-bond donors (Lipinski definition) is 0. The Hall–Kier alpha value is -2.19. The SMILES string of the molecule is CCN(CC)C(=O)OCC(C)C(c1cc(F)ccc1F)S(=O)(=O)c1ccc(Cl)cc1. The molecule has 1 amide bonds. The Balaban J connectivity index is 2.45. The quantitative estimate of drug-likeness (QED) is 0.541. The zero-order chi connectivity index (χ0) is 22.5. The van der Waals surface area contributed by atoms with Gasteiger partial charge in [-0.25, -0.2) is 22.0 Å². The van der Waals surface area contributed by atoms with E-state index in [-0.39, 0.29) is 17.1 Å². The van der Waals surface area contributed by atoms with Crippen LogP contribution in [0.2, 0.25) is 5.02 Å². The lowest BCUT2D eigenvalue weighted by Gasteiger charge is -2.26. The summed E-state index contributed by atoms with van der Waals surface area (Å²) in [5, 5.41) is -1.14. The number of ether oxygens (including phenoxy) is 1. The largest absolute Gasteiger partial charge is 0.449 e. The van der Waals surface area contributed by atoms with Gasteiger partial charge in [-0.05, 0) is 56.3 Å². The molecule has 9 heteroatoms. The van der Waals surface area contributed by atoms with Crippen molar-refractivity contribution in [2.75, 3.05) is 19.7 Å². The molecule has 0 saturated carbocycles. The maximum absolute atomic E-state index is 14.6. The smallest absolute Gasteiger partial charge is 0.409 e. The van der Waals surface area contributed by atoms with Crippen LogP contribution in [0.1, 0.15) is 31.6 Å². The standard InChI is InChI=1S/C21H24ClF2NO4S/c1-4-25(5-2)21(26)29-13-14(3)20(18-12-16(23)8-11-19(18)24)30(27,28)17-9-6-15(22)7-10-17/h6-12,14,20H,4-5,13H2,1-3H3. The average Bonchev–Trinajstić information content (AvgIpc) is 2.70. The van der Waals surface area contributed by atoms with E-state index in [1.807, 2.05) is 0 Å². The predicted molar refractivity (Wildman–Crippen MR) is 111 cm³/mol. The van der Waals surface area contributed by atoms with E-state index in [0.717, 1.165) is 18.2 Å². The second-order valence-electron chi connectivity index (χ2n) is 6.81. The molecule has 2 aromatic rings. The average molecular weight is 460 g/mol. The first kappa shape index (κ1) is 24.1.